The highest BCUT2D eigenvalue weighted by atomic mass is 16.6. The zero-order chi connectivity index (χ0) is 18.5. The van der Waals surface area contributed by atoms with Gasteiger partial charge in [0.2, 0.25) is 6.29 Å². The van der Waals surface area contributed by atoms with E-state index in [0.29, 0.717) is 6.42 Å². The molecule has 0 amide bonds. The van der Waals surface area contributed by atoms with Gasteiger partial charge in [0.1, 0.15) is 11.5 Å². The van der Waals surface area contributed by atoms with Gasteiger partial charge in [-0.1, -0.05) is 13.8 Å². The van der Waals surface area contributed by atoms with Crippen LogP contribution in [0, 0.1) is 5.92 Å². The van der Waals surface area contributed by atoms with Gasteiger partial charge in [-0.25, -0.2) is 0 Å². The summed E-state index contributed by atoms with van der Waals surface area (Å²) < 4.78 is 14.5. The zero-order valence-corrected chi connectivity index (χ0v) is 15.1. The number of aliphatic hydroxyl groups is 2. The molecule has 0 aromatic carbocycles. The molecule has 2 atom stereocenters. The van der Waals surface area contributed by atoms with Crippen molar-refractivity contribution in [2.75, 3.05) is 19.8 Å². The van der Waals surface area contributed by atoms with E-state index in [1.807, 2.05) is 20.8 Å². The molecule has 0 aliphatic carbocycles. The summed E-state index contributed by atoms with van der Waals surface area (Å²) >= 11 is 0. The second-order valence-corrected chi connectivity index (χ2v) is 5.34. The largest absolute Gasteiger partial charge is 0.459 e. The lowest BCUT2D eigenvalue weighted by atomic mass is 10.1. The van der Waals surface area contributed by atoms with Crippen LogP contribution in [0.15, 0.2) is 0 Å². The fraction of sp³-hybridized carbons (Fsp3) is 0.875. The normalized spacial score (nSPS) is 13.4. The van der Waals surface area contributed by atoms with Gasteiger partial charge in [-0.05, 0) is 34.1 Å². The molecule has 0 bridgehead atoms. The fourth-order valence-corrected chi connectivity index (χ4v) is 1.21. The average Bonchev–Trinajstić information content (AvgIpc) is 2.48. The molecule has 0 radical (unpaired) electrons. The minimum Gasteiger partial charge on any atom is -0.459 e. The number of ether oxygens (including phenoxy) is 3. The Balaban J connectivity index is 0. The number of rotatable bonds is 9. The molecule has 0 heterocycles. The van der Waals surface area contributed by atoms with Gasteiger partial charge >= 0.3 is 11.9 Å². The van der Waals surface area contributed by atoms with Gasteiger partial charge in [0.25, 0.3) is 0 Å². The third-order valence-corrected chi connectivity index (χ3v) is 3.02. The third-order valence-electron chi connectivity index (χ3n) is 3.02. The maximum atomic E-state index is 11.7. The van der Waals surface area contributed by atoms with E-state index >= 15 is 0 Å². The van der Waals surface area contributed by atoms with Gasteiger partial charge in [-0.3, -0.25) is 9.59 Å². The third kappa shape index (κ3) is 12.0. The second-order valence-electron chi connectivity index (χ2n) is 5.34. The van der Waals surface area contributed by atoms with Crippen LogP contribution >= 0.6 is 0 Å². The molecular formula is C16H32O7. The SMILES string of the molecule is CCC(=O)OC(O)C(CO)C(=O)OC(C)(C)CC.CCOCC. The molecule has 0 spiro atoms. The Labute approximate surface area is 138 Å². The van der Waals surface area contributed by atoms with E-state index in [2.05, 4.69) is 4.74 Å². The summed E-state index contributed by atoms with van der Waals surface area (Å²) in [5.74, 6) is -2.73. The summed E-state index contributed by atoms with van der Waals surface area (Å²) in [6.07, 6.45) is -1.03. The molecule has 23 heavy (non-hydrogen) atoms. The van der Waals surface area contributed by atoms with Gasteiger partial charge in [-0.2, -0.15) is 0 Å². The minimum absolute atomic E-state index is 0.0741. The van der Waals surface area contributed by atoms with E-state index in [4.69, 9.17) is 14.6 Å². The number of aliphatic hydroxyl groups excluding tert-OH is 2. The van der Waals surface area contributed by atoms with Crippen LogP contribution in [0.4, 0.5) is 0 Å². The van der Waals surface area contributed by atoms with Crippen molar-refractivity contribution in [2.45, 2.75) is 66.3 Å². The van der Waals surface area contributed by atoms with Crippen molar-refractivity contribution in [1.29, 1.82) is 0 Å². The quantitative estimate of drug-likeness (QED) is 0.487. The van der Waals surface area contributed by atoms with Crippen molar-refractivity contribution in [3.63, 3.8) is 0 Å². The van der Waals surface area contributed by atoms with E-state index in [-0.39, 0.29) is 6.42 Å². The molecule has 0 fully saturated rings. The molecule has 7 heteroatoms. The number of hydrogen-bond acceptors (Lipinski definition) is 7. The maximum Gasteiger partial charge on any atom is 0.318 e. The standard InChI is InChI=1S/C12H22O6.C4H10O/c1-5-9(14)17-10(15)8(7-13)11(16)18-12(3,4)6-2;1-3-5-4-2/h8,10,13,15H,5-7H2,1-4H3;3-4H2,1-2H3. The Morgan fingerprint density at radius 3 is 1.91 bits per heavy atom. The van der Waals surface area contributed by atoms with Crippen molar-refractivity contribution >= 4 is 11.9 Å². The monoisotopic (exact) mass is 336 g/mol. The van der Waals surface area contributed by atoms with E-state index in [9.17, 15) is 14.7 Å². The fourth-order valence-electron chi connectivity index (χ4n) is 1.21. The first-order chi connectivity index (χ1) is 10.7. The van der Waals surface area contributed by atoms with Crippen LogP contribution in [-0.2, 0) is 23.8 Å². The van der Waals surface area contributed by atoms with Crippen molar-refractivity contribution in [2.24, 2.45) is 5.92 Å². The lowest BCUT2D eigenvalue weighted by Crippen LogP contribution is -2.39. The smallest absolute Gasteiger partial charge is 0.318 e. The van der Waals surface area contributed by atoms with Crippen LogP contribution in [0.25, 0.3) is 0 Å². The van der Waals surface area contributed by atoms with E-state index < -0.39 is 36.4 Å². The first-order valence-corrected chi connectivity index (χ1v) is 7.97. The highest BCUT2D eigenvalue weighted by Crippen LogP contribution is 2.18. The Morgan fingerprint density at radius 1 is 1.09 bits per heavy atom. The Bertz CT molecular complexity index is 326. The average molecular weight is 336 g/mol. The van der Waals surface area contributed by atoms with Gasteiger partial charge in [0, 0.05) is 19.6 Å². The molecule has 2 N–H and O–H groups in total. The first-order valence-electron chi connectivity index (χ1n) is 7.97. The summed E-state index contributed by atoms with van der Waals surface area (Å²) in [6.45, 7) is 11.8. The van der Waals surface area contributed by atoms with Crippen LogP contribution in [0.1, 0.15) is 54.4 Å². The minimum atomic E-state index is -1.69. The lowest BCUT2D eigenvalue weighted by Gasteiger charge is -2.27. The summed E-state index contributed by atoms with van der Waals surface area (Å²) in [7, 11) is 0. The number of carbonyl (C=O) groups excluding carboxylic acids is 2. The molecule has 0 rings (SSSR count). The van der Waals surface area contributed by atoms with E-state index in [1.54, 1.807) is 20.8 Å². The van der Waals surface area contributed by atoms with Crippen LogP contribution in [-0.4, -0.2) is 53.9 Å². The molecule has 7 nitrogen and oxygen atoms in total. The van der Waals surface area contributed by atoms with E-state index in [0.717, 1.165) is 13.2 Å². The number of carbonyl (C=O) groups is 2. The first kappa shape index (κ1) is 24.1. The van der Waals surface area contributed by atoms with Gasteiger partial charge in [0.05, 0.1) is 6.61 Å². The lowest BCUT2D eigenvalue weighted by molar-refractivity contribution is -0.195. The molecule has 138 valence electrons. The summed E-state index contributed by atoms with van der Waals surface area (Å²) in [4.78, 5) is 22.7. The Morgan fingerprint density at radius 2 is 1.61 bits per heavy atom. The predicted molar refractivity (Wildman–Crippen MR) is 85.6 cm³/mol. The topological polar surface area (TPSA) is 102 Å². The molecule has 0 saturated carbocycles. The molecule has 0 aliphatic heterocycles. The Hall–Kier alpha value is -1.18. The summed E-state index contributed by atoms with van der Waals surface area (Å²) in [6, 6.07) is 0. The second kappa shape index (κ2) is 13.3. The molecular weight excluding hydrogens is 304 g/mol. The van der Waals surface area contributed by atoms with E-state index in [1.165, 1.54) is 0 Å². The van der Waals surface area contributed by atoms with Crippen molar-refractivity contribution in [3.05, 3.63) is 0 Å². The summed E-state index contributed by atoms with van der Waals surface area (Å²) in [5.41, 5.74) is -0.695. The van der Waals surface area contributed by atoms with Crippen LogP contribution in [0.2, 0.25) is 0 Å². The van der Waals surface area contributed by atoms with Crippen LogP contribution in [0.5, 0.6) is 0 Å². The highest BCUT2D eigenvalue weighted by molar-refractivity contribution is 5.74. The molecule has 0 aromatic heterocycles. The van der Waals surface area contributed by atoms with Gasteiger partial charge in [0.15, 0.2) is 0 Å². The molecule has 0 aliphatic rings. The zero-order valence-electron chi connectivity index (χ0n) is 15.1. The predicted octanol–water partition coefficient (Wildman–Crippen LogP) is 1.64. The Kier molecular flexibility index (Phi) is 13.9. The van der Waals surface area contributed by atoms with Crippen molar-refractivity contribution < 1.29 is 34.0 Å². The van der Waals surface area contributed by atoms with Crippen molar-refractivity contribution in [3.8, 4) is 0 Å². The van der Waals surface area contributed by atoms with Crippen LogP contribution in [0.3, 0.4) is 0 Å². The molecule has 2 unspecified atom stereocenters. The molecule has 0 saturated heterocycles. The number of hydrogen-bond donors (Lipinski definition) is 2. The maximum absolute atomic E-state index is 11.7. The summed E-state index contributed by atoms with van der Waals surface area (Å²) in [5, 5.41) is 18.6. The van der Waals surface area contributed by atoms with Gasteiger partial charge in [-0.15, -0.1) is 0 Å². The highest BCUT2D eigenvalue weighted by Gasteiger charge is 2.33. The molecule has 0 aromatic rings. The van der Waals surface area contributed by atoms with Crippen molar-refractivity contribution in [1.82, 2.24) is 0 Å². The number of esters is 2. The van der Waals surface area contributed by atoms with Gasteiger partial charge < -0.3 is 24.4 Å². The van der Waals surface area contributed by atoms with Crippen LogP contribution < -0.4 is 0 Å².